The van der Waals surface area contributed by atoms with Crippen molar-refractivity contribution in [2.75, 3.05) is 4.72 Å². The first-order chi connectivity index (χ1) is 8.88. The smallest absolute Gasteiger partial charge is 0.335 e. The zero-order chi connectivity index (χ0) is 14.0. The van der Waals surface area contributed by atoms with Crippen molar-refractivity contribution in [3.8, 4) is 0 Å². The van der Waals surface area contributed by atoms with Crippen molar-refractivity contribution in [1.82, 2.24) is 4.98 Å². The molecule has 0 saturated carbocycles. The Morgan fingerprint density at radius 3 is 2.42 bits per heavy atom. The third kappa shape index (κ3) is 3.09. The van der Waals surface area contributed by atoms with Crippen molar-refractivity contribution in [2.24, 2.45) is 0 Å². The molecule has 8 heteroatoms. The van der Waals surface area contributed by atoms with Crippen LogP contribution in [0.1, 0.15) is 15.4 Å². The molecule has 0 unspecified atom stereocenters. The van der Waals surface area contributed by atoms with Crippen LogP contribution in [-0.4, -0.2) is 24.5 Å². The predicted octanol–water partition coefficient (Wildman–Crippen LogP) is 1.95. The van der Waals surface area contributed by atoms with E-state index in [1.54, 1.807) is 6.92 Å². The van der Waals surface area contributed by atoms with Gasteiger partial charge in [0.1, 0.15) is 0 Å². The lowest BCUT2D eigenvalue weighted by Gasteiger charge is -2.05. The second kappa shape index (κ2) is 4.98. The number of carboxylic acids is 1. The number of nitrogens with one attached hydrogen (secondary N) is 1. The van der Waals surface area contributed by atoms with Gasteiger partial charge in [-0.1, -0.05) is 0 Å². The summed E-state index contributed by atoms with van der Waals surface area (Å²) in [5, 5.41) is 10.8. The summed E-state index contributed by atoms with van der Waals surface area (Å²) in [6, 6.07) is 5.43. The van der Waals surface area contributed by atoms with Gasteiger partial charge in [-0.15, -0.1) is 11.3 Å². The predicted molar refractivity (Wildman–Crippen MR) is 71.1 cm³/mol. The number of rotatable bonds is 4. The van der Waals surface area contributed by atoms with Crippen molar-refractivity contribution >= 4 is 33.0 Å². The van der Waals surface area contributed by atoms with E-state index >= 15 is 0 Å². The Morgan fingerprint density at radius 2 is 1.95 bits per heavy atom. The van der Waals surface area contributed by atoms with Crippen LogP contribution >= 0.6 is 11.3 Å². The minimum Gasteiger partial charge on any atom is -0.478 e. The number of nitrogens with zero attached hydrogens (tertiary/aromatic N) is 1. The molecule has 1 aromatic heterocycles. The van der Waals surface area contributed by atoms with Crippen molar-refractivity contribution in [3.05, 3.63) is 40.2 Å². The SMILES string of the molecule is Cc1nc(S(=O)(=O)Nc2ccc(C(=O)O)cc2)cs1. The second-order valence-corrected chi connectivity index (χ2v) is 6.38. The highest BCUT2D eigenvalue weighted by atomic mass is 32.2. The van der Waals surface area contributed by atoms with E-state index in [-0.39, 0.29) is 16.3 Å². The maximum absolute atomic E-state index is 12.0. The Labute approximate surface area is 113 Å². The molecule has 19 heavy (non-hydrogen) atoms. The molecule has 6 nitrogen and oxygen atoms in total. The molecule has 1 aromatic carbocycles. The van der Waals surface area contributed by atoms with E-state index in [0.717, 1.165) is 0 Å². The number of hydrogen-bond acceptors (Lipinski definition) is 5. The average Bonchev–Trinajstić information content (AvgIpc) is 2.77. The average molecular weight is 298 g/mol. The Morgan fingerprint density at radius 1 is 1.32 bits per heavy atom. The number of aromatic carboxylic acids is 1. The Bertz CT molecular complexity index is 705. The highest BCUT2D eigenvalue weighted by Crippen LogP contribution is 2.18. The standard InChI is InChI=1S/C11H10N2O4S2/c1-7-12-10(6-18-7)19(16,17)13-9-4-2-8(3-5-9)11(14)15/h2-6,13H,1H3,(H,14,15). The molecule has 0 amide bonds. The summed E-state index contributed by atoms with van der Waals surface area (Å²) in [7, 11) is -3.72. The first-order valence-electron chi connectivity index (χ1n) is 5.17. The van der Waals surface area contributed by atoms with E-state index < -0.39 is 16.0 Å². The zero-order valence-corrected chi connectivity index (χ0v) is 11.5. The quantitative estimate of drug-likeness (QED) is 0.899. The van der Waals surface area contributed by atoms with E-state index in [0.29, 0.717) is 5.01 Å². The molecule has 2 rings (SSSR count). The number of aryl methyl sites for hydroxylation is 1. The number of carbonyl (C=O) groups is 1. The summed E-state index contributed by atoms with van der Waals surface area (Å²) >= 11 is 1.24. The van der Waals surface area contributed by atoms with Crippen LogP contribution in [0.5, 0.6) is 0 Å². The number of thiazole rings is 1. The molecule has 0 aliphatic rings. The van der Waals surface area contributed by atoms with Crippen LogP contribution in [0.15, 0.2) is 34.7 Å². The molecular weight excluding hydrogens is 288 g/mol. The van der Waals surface area contributed by atoms with E-state index in [1.165, 1.54) is 41.0 Å². The number of hydrogen-bond donors (Lipinski definition) is 2. The van der Waals surface area contributed by atoms with Gasteiger partial charge in [-0.3, -0.25) is 4.72 Å². The number of benzene rings is 1. The van der Waals surface area contributed by atoms with Gasteiger partial charge in [0.05, 0.1) is 10.6 Å². The lowest BCUT2D eigenvalue weighted by Crippen LogP contribution is -2.13. The van der Waals surface area contributed by atoms with Gasteiger partial charge >= 0.3 is 5.97 Å². The fourth-order valence-electron chi connectivity index (χ4n) is 1.36. The Hall–Kier alpha value is -1.93. The maximum Gasteiger partial charge on any atom is 0.335 e. The van der Waals surface area contributed by atoms with Gasteiger partial charge in [-0.2, -0.15) is 8.42 Å². The van der Waals surface area contributed by atoms with Crippen LogP contribution in [0.25, 0.3) is 0 Å². The molecule has 1 heterocycles. The van der Waals surface area contributed by atoms with Crippen LogP contribution in [0.4, 0.5) is 5.69 Å². The Balaban J connectivity index is 2.23. The molecule has 0 aliphatic heterocycles. The van der Waals surface area contributed by atoms with Crippen LogP contribution in [0, 0.1) is 6.92 Å². The topological polar surface area (TPSA) is 96.4 Å². The molecule has 0 bridgehead atoms. The van der Waals surface area contributed by atoms with Crippen LogP contribution in [0.2, 0.25) is 0 Å². The van der Waals surface area contributed by atoms with Crippen LogP contribution < -0.4 is 4.72 Å². The summed E-state index contributed by atoms with van der Waals surface area (Å²) in [5.41, 5.74) is 0.378. The van der Waals surface area contributed by atoms with Gasteiger partial charge in [-0.25, -0.2) is 9.78 Å². The van der Waals surface area contributed by atoms with Crippen molar-refractivity contribution in [3.63, 3.8) is 0 Å². The molecule has 0 spiro atoms. The van der Waals surface area contributed by atoms with Gasteiger partial charge in [0.2, 0.25) is 0 Å². The first kappa shape index (κ1) is 13.5. The minimum atomic E-state index is -3.72. The van der Waals surface area contributed by atoms with Gasteiger partial charge in [-0.05, 0) is 31.2 Å². The molecule has 2 aromatic rings. The van der Waals surface area contributed by atoms with Gasteiger partial charge in [0.25, 0.3) is 10.0 Å². The molecule has 0 saturated heterocycles. The summed E-state index contributed by atoms with van der Waals surface area (Å²) in [6.07, 6.45) is 0. The summed E-state index contributed by atoms with van der Waals surface area (Å²) in [5.74, 6) is -1.07. The molecule has 0 aliphatic carbocycles. The van der Waals surface area contributed by atoms with Crippen LogP contribution in [0.3, 0.4) is 0 Å². The molecule has 0 radical (unpaired) electrons. The van der Waals surface area contributed by atoms with Crippen molar-refractivity contribution < 1.29 is 18.3 Å². The number of anilines is 1. The largest absolute Gasteiger partial charge is 0.478 e. The molecule has 100 valence electrons. The van der Waals surface area contributed by atoms with Crippen molar-refractivity contribution in [2.45, 2.75) is 11.9 Å². The van der Waals surface area contributed by atoms with Gasteiger partial charge in [0.15, 0.2) is 5.03 Å². The lowest BCUT2D eigenvalue weighted by molar-refractivity contribution is 0.0697. The highest BCUT2D eigenvalue weighted by molar-refractivity contribution is 7.92. The molecule has 0 atom stereocenters. The summed E-state index contributed by atoms with van der Waals surface area (Å²) < 4.78 is 26.2. The fraction of sp³-hybridized carbons (Fsp3) is 0.0909. The van der Waals surface area contributed by atoms with Gasteiger partial charge < -0.3 is 5.11 Å². The normalized spacial score (nSPS) is 11.2. The third-order valence-electron chi connectivity index (χ3n) is 2.26. The van der Waals surface area contributed by atoms with E-state index in [1.807, 2.05) is 0 Å². The molecular formula is C11H10N2O4S2. The summed E-state index contributed by atoms with van der Waals surface area (Å²) in [6.45, 7) is 1.71. The minimum absolute atomic E-state index is 0.0442. The fourth-order valence-corrected chi connectivity index (χ4v) is 3.35. The number of aromatic nitrogens is 1. The van der Waals surface area contributed by atoms with Crippen molar-refractivity contribution in [1.29, 1.82) is 0 Å². The number of sulfonamides is 1. The lowest BCUT2D eigenvalue weighted by atomic mass is 10.2. The third-order valence-corrected chi connectivity index (χ3v) is 4.44. The molecule has 0 fully saturated rings. The molecule has 2 N–H and O–H groups in total. The summed E-state index contributed by atoms with van der Waals surface area (Å²) in [4.78, 5) is 14.6. The van der Waals surface area contributed by atoms with Gasteiger partial charge in [0, 0.05) is 11.1 Å². The first-order valence-corrected chi connectivity index (χ1v) is 7.53. The van der Waals surface area contributed by atoms with E-state index in [4.69, 9.17) is 5.11 Å². The van der Waals surface area contributed by atoms with E-state index in [2.05, 4.69) is 9.71 Å². The van der Waals surface area contributed by atoms with Crippen LogP contribution in [-0.2, 0) is 10.0 Å². The zero-order valence-electron chi connectivity index (χ0n) is 9.82. The monoisotopic (exact) mass is 298 g/mol. The second-order valence-electron chi connectivity index (χ2n) is 3.69. The highest BCUT2D eigenvalue weighted by Gasteiger charge is 2.17. The number of carboxylic acid groups (broad SMARTS) is 1. The Kier molecular flexibility index (Phi) is 3.54. The van der Waals surface area contributed by atoms with E-state index in [9.17, 15) is 13.2 Å². The maximum atomic E-state index is 12.0.